The van der Waals surface area contributed by atoms with E-state index in [4.69, 9.17) is 10.5 Å². The molecule has 2 atom stereocenters. The highest BCUT2D eigenvalue weighted by atomic mass is 16.5. The highest BCUT2D eigenvalue weighted by molar-refractivity contribution is 5.14. The molecule has 0 aromatic heterocycles. The smallest absolute Gasteiger partial charge is 0.0615 e. The molecule has 1 aromatic rings. The second-order valence-electron chi connectivity index (χ2n) is 5.63. The van der Waals surface area contributed by atoms with Crippen molar-refractivity contribution in [2.45, 2.75) is 51.0 Å². The first kappa shape index (κ1) is 14.5. The molecule has 0 radical (unpaired) electrons. The number of nitrogens with two attached hydrogens (primary N) is 1. The first-order valence-electron chi connectivity index (χ1n) is 7.75. The number of rotatable bonds is 7. The van der Waals surface area contributed by atoms with Crippen LogP contribution in [0.1, 0.15) is 44.1 Å². The summed E-state index contributed by atoms with van der Waals surface area (Å²) >= 11 is 0. The number of ether oxygens (including phenoxy) is 1. The van der Waals surface area contributed by atoms with Gasteiger partial charge >= 0.3 is 0 Å². The second-order valence-corrected chi connectivity index (χ2v) is 5.63. The zero-order valence-corrected chi connectivity index (χ0v) is 11.9. The fourth-order valence-corrected chi connectivity index (χ4v) is 2.97. The summed E-state index contributed by atoms with van der Waals surface area (Å²) in [4.78, 5) is 0. The molecule has 0 aliphatic heterocycles. The second kappa shape index (κ2) is 8.34. The molecule has 2 nitrogen and oxygen atoms in total. The fourth-order valence-electron chi connectivity index (χ4n) is 2.97. The molecule has 2 unspecified atom stereocenters. The third-order valence-corrected chi connectivity index (χ3v) is 4.18. The van der Waals surface area contributed by atoms with E-state index in [0.29, 0.717) is 12.0 Å². The number of hydrogen-bond acceptors (Lipinski definition) is 2. The molecule has 1 aliphatic rings. The molecular formula is C17H27NO. The molecule has 0 bridgehead atoms. The summed E-state index contributed by atoms with van der Waals surface area (Å²) in [5.41, 5.74) is 7.25. The Labute approximate surface area is 117 Å². The van der Waals surface area contributed by atoms with Crippen molar-refractivity contribution >= 4 is 0 Å². The van der Waals surface area contributed by atoms with E-state index in [1.54, 1.807) is 0 Å². The maximum absolute atomic E-state index is 6.04. The summed E-state index contributed by atoms with van der Waals surface area (Å²) in [6, 6.07) is 10.7. The molecule has 0 amide bonds. The molecule has 1 saturated carbocycles. The largest absolute Gasteiger partial charge is 0.378 e. The number of aryl methyl sites for hydroxylation is 1. The maximum Gasteiger partial charge on any atom is 0.0615 e. The van der Waals surface area contributed by atoms with Gasteiger partial charge in [-0.05, 0) is 50.1 Å². The van der Waals surface area contributed by atoms with E-state index in [9.17, 15) is 0 Å². The maximum atomic E-state index is 6.04. The van der Waals surface area contributed by atoms with Crippen LogP contribution in [-0.2, 0) is 11.2 Å². The van der Waals surface area contributed by atoms with Crippen LogP contribution in [-0.4, -0.2) is 19.3 Å². The van der Waals surface area contributed by atoms with Crippen LogP contribution in [0.3, 0.4) is 0 Å². The van der Waals surface area contributed by atoms with E-state index in [1.165, 1.54) is 37.7 Å². The van der Waals surface area contributed by atoms with Crippen molar-refractivity contribution in [3.8, 4) is 0 Å². The van der Waals surface area contributed by atoms with Crippen LogP contribution in [0.15, 0.2) is 30.3 Å². The molecule has 1 aliphatic carbocycles. The topological polar surface area (TPSA) is 35.2 Å². The van der Waals surface area contributed by atoms with Crippen molar-refractivity contribution in [2.24, 2.45) is 11.7 Å². The third kappa shape index (κ3) is 4.96. The van der Waals surface area contributed by atoms with Crippen molar-refractivity contribution in [3.05, 3.63) is 35.9 Å². The molecule has 1 aromatic carbocycles. The zero-order chi connectivity index (χ0) is 13.3. The molecule has 2 rings (SSSR count). The fraction of sp³-hybridized carbons (Fsp3) is 0.647. The average Bonchev–Trinajstić information content (AvgIpc) is 2.48. The minimum Gasteiger partial charge on any atom is -0.378 e. The van der Waals surface area contributed by atoms with E-state index < -0.39 is 0 Å². The van der Waals surface area contributed by atoms with Crippen LogP contribution < -0.4 is 5.73 Å². The van der Waals surface area contributed by atoms with Crippen molar-refractivity contribution in [3.63, 3.8) is 0 Å². The highest BCUT2D eigenvalue weighted by Gasteiger charge is 2.24. The molecular weight excluding hydrogens is 234 g/mol. The molecule has 1 fully saturated rings. The van der Waals surface area contributed by atoms with Crippen molar-refractivity contribution < 1.29 is 4.74 Å². The Hall–Kier alpha value is -0.860. The lowest BCUT2D eigenvalue weighted by molar-refractivity contribution is -0.00930. The highest BCUT2D eigenvalue weighted by Crippen LogP contribution is 2.26. The Bertz CT molecular complexity index is 338. The Balaban J connectivity index is 1.58. The van der Waals surface area contributed by atoms with Gasteiger partial charge in [0.05, 0.1) is 6.10 Å². The lowest BCUT2D eigenvalue weighted by Crippen LogP contribution is -2.33. The van der Waals surface area contributed by atoms with Crippen LogP contribution in [0.2, 0.25) is 0 Å². The first-order chi connectivity index (χ1) is 9.40. The normalized spacial score (nSPS) is 23.4. The quantitative estimate of drug-likeness (QED) is 0.762. The lowest BCUT2D eigenvalue weighted by Gasteiger charge is -2.30. The standard InChI is InChI=1S/C17H27NO/c18-14-16-11-4-5-12-17(16)19-13-7-6-10-15-8-2-1-3-9-15/h1-3,8-9,16-17H,4-7,10-14,18H2. The van der Waals surface area contributed by atoms with Crippen LogP contribution in [0.5, 0.6) is 0 Å². The van der Waals surface area contributed by atoms with Gasteiger partial charge in [-0.2, -0.15) is 0 Å². The van der Waals surface area contributed by atoms with Crippen molar-refractivity contribution in [1.82, 2.24) is 0 Å². The van der Waals surface area contributed by atoms with E-state index in [0.717, 1.165) is 26.0 Å². The monoisotopic (exact) mass is 261 g/mol. The zero-order valence-electron chi connectivity index (χ0n) is 11.9. The average molecular weight is 261 g/mol. The van der Waals surface area contributed by atoms with Crippen molar-refractivity contribution in [2.75, 3.05) is 13.2 Å². The molecule has 2 heteroatoms. The van der Waals surface area contributed by atoms with Gasteiger partial charge < -0.3 is 10.5 Å². The van der Waals surface area contributed by atoms with E-state index in [2.05, 4.69) is 30.3 Å². The summed E-state index contributed by atoms with van der Waals surface area (Å²) in [7, 11) is 0. The van der Waals surface area contributed by atoms with E-state index in [1.807, 2.05) is 0 Å². The van der Waals surface area contributed by atoms with Gasteiger partial charge in [-0.25, -0.2) is 0 Å². The molecule has 106 valence electrons. The van der Waals surface area contributed by atoms with Crippen LogP contribution in [0.25, 0.3) is 0 Å². The number of unbranched alkanes of at least 4 members (excludes halogenated alkanes) is 1. The van der Waals surface area contributed by atoms with Crippen molar-refractivity contribution in [1.29, 1.82) is 0 Å². The summed E-state index contributed by atoms with van der Waals surface area (Å²) in [5, 5.41) is 0. The lowest BCUT2D eigenvalue weighted by atomic mass is 9.86. The predicted octanol–water partition coefficient (Wildman–Crippen LogP) is 3.54. The summed E-state index contributed by atoms with van der Waals surface area (Å²) in [6.07, 6.45) is 9.06. The third-order valence-electron chi connectivity index (χ3n) is 4.18. The Morgan fingerprint density at radius 3 is 2.63 bits per heavy atom. The summed E-state index contributed by atoms with van der Waals surface area (Å²) in [6.45, 7) is 1.68. The Morgan fingerprint density at radius 2 is 1.84 bits per heavy atom. The minimum absolute atomic E-state index is 0.426. The SMILES string of the molecule is NCC1CCCCC1OCCCCc1ccccc1. The first-order valence-corrected chi connectivity index (χ1v) is 7.75. The van der Waals surface area contributed by atoms with Gasteiger partial charge in [0.1, 0.15) is 0 Å². The summed E-state index contributed by atoms with van der Waals surface area (Å²) in [5.74, 6) is 0.600. The van der Waals surface area contributed by atoms with E-state index >= 15 is 0 Å². The van der Waals surface area contributed by atoms with Crippen LogP contribution in [0, 0.1) is 5.92 Å². The number of benzene rings is 1. The van der Waals surface area contributed by atoms with Gasteiger partial charge in [-0.1, -0.05) is 43.2 Å². The van der Waals surface area contributed by atoms with Gasteiger partial charge in [0.15, 0.2) is 0 Å². The minimum atomic E-state index is 0.426. The van der Waals surface area contributed by atoms with Gasteiger partial charge in [0.25, 0.3) is 0 Å². The van der Waals surface area contributed by atoms with Crippen LogP contribution >= 0.6 is 0 Å². The van der Waals surface area contributed by atoms with E-state index in [-0.39, 0.29) is 0 Å². The Kier molecular flexibility index (Phi) is 6.38. The van der Waals surface area contributed by atoms with Gasteiger partial charge in [-0.3, -0.25) is 0 Å². The molecule has 0 heterocycles. The van der Waals surface area contributed by atoms with Gasteiger partial charge in [0, 0.05) is 6.61 Å². The van der Waals surface area contributed by atoms with Crippen LogP contribution in [0.4, 0.5) is 0 Å². The molecule has 2 N–H and O–H groups in total. The molecule has 0 saturated heterocycles. The number of hydrogen-bond donors (Lipinski definition) is 1. The molecule has 19 heavy (non-hydrogen) atoms. The molecule has 0 spiro atoms. The van der Waals surface area contributed by atoms with Gasteiger partial charge in [-0.15, -0.1) is 0 Å². The predicted molar refractivity (Wildman–Crippen MR) is 80.1 cm³/mol. The van der Waals surface area contributed by atoms with Gasteiger partial charge in [0.2, 0.25) is 0 Å². The summed E-state index contributed by atoms with van der Waals surface area (Å²) < 4.78 is 6.04. The Morgan fingerprint density at radius 1 is 1.05 bits per heavy atom.